The number of carbonyl (C=O) groups excluding carboxylic acids is 2. The highest BCUT2D eigenvalue weighted by molar-refractivity contribution is 5.96. The lowest BCUT2D eigenvalue weighted by molar-refractivity contribution is -0.384. The topological polar surface area (TPSA) is 111 Å². The van der Waals surface area contributed by atoms with Gasteiger partial charge in [0.2, 0.25) is 0 Å². The number of hydrogen-bond donors (Lipinski definition) is 2. The van der Waals surface area contributed by atoms with E-state index in [0.717, 1.165) is 0 Å². The molecule has 0 spiro atoms. The Hall–Kier alpha value is -2.64. The van der Waals surface area contributed by atoms with E-state index in [0.29, 0.717) is 18.4 Å². The van der Waals surface area contributed by atoms with Crippen molar-refractivity contribution in [2.45, 2.75) is 65.5 Å². The normalized spacial score (nSPS) is 11.6. The molecular weight excluding hydrogens is 350 g/mol. The molecule has 0 aliphatic carbocycles. The molecular formula is C19H29N3O5. The van der Waals surface area contributed by atoms with Gasteiger partial charge in [-0.15, -0.1) is 0 Å². The fraction of sp³-hybridized carbons (Fsp3) is 0.579. The van der Waals surface area contributed by atoms with Crippen molar-refractivity contribution in [3.8, 4) is 0 Å². The zero-order chi connectivity index (χ0) is 20.8. The van der Waals surface area contributed by atoms with Gasteiger partial charge < -0.3 is 15.4 Å². The molecule has 150 valence electrons. The molecule has 0 atom stereocenters. The maximum atomic E-state index is 12.8. The molecule has 0 saturated heterocycles. The summed E-state index contributed by atoms with van der Waals surface area (Å²) < 4.78 is 5.24. The number of nitro groups is 1. The lowest BCUT2D eigenvalue weighted by Gasteiger charge is -2.33. The number of aryl methyl sites for hydroxylation is 1. The summed E-state index contributed by atoms with van der Waals surface area (Å²) in [4.78, 5) is 35.2. The molecule has 2 amide bonds. The van der Waals surface area contributed by atoms with E-state index < -0.39 is 28.1 Å². The van der Waals surface area contributed by atoms with E-state index in [9.17, 15) is 19.7 Å². The first-order valence-corrected chi connectivity index (χ1v) is 8.97. The van der Waals surface area contributed by atoms with Gasteiger partial charge in [0, 0.05) is 24.2 Å². The van der Waals surface area contributed by atoms with Crippen LogP contribution in [0.25, 0.3) is 0 Å². The third kappa shape index (κ3) is 6.54. The quantitative estimate of drug-likeness (QED) is 0.554. The Morgan fingerprint density at radius 3 is 2.26 bits per heavy atom. The number of amides is 2. The fourth-order valence-electron chi connectivity index (χ4n) is 2.55. The minimum absolute atomic E-state index is 0.142. The van der Waals surface area contributed by atoms with Crippen LogP contribution in [0, 0.1) is 17.0 Å². The summed E-state index contributed by atoms with van der Waals surface area (Å²) in [5, 5.41) is 16.6. The molecule has 1 rings (SSSR count). The van der Waals surface area contributed by atoms with Crippen molar-refractivity contribution in [1.82, 2.24) is 10.6 Å². The second-order valence-corrected chi connectivity index (χ2v) is 7.55. The smallest absolute Gasteiger partial charge is 0.407 e. The maximum absolute atomic E-state index is 12.8. The largest absolute Gasteiger partial charge is 0.444 e. The van der Waals surface area contributed by atoms with Crippen LogP contribution in [0.15, 0.2) is 18.2 Å². The van der Waals surface area contributed by atoms with Gasteiger partial charge in [0.1, 0.15) is 5.60 Å². The zero-order valence-corrected chi connectivity index (χ0v) is 16.8. The predicted molar refractivity (Wildman–Crippen MR) is 103 cm³/mol. The average molecular weight is 379 g/mol. The fourth-order valence-corrected chi connectivity index (χ4v) is 2.55. The third-order valence-electron chi connectivity index (χ3n) is 4.38. The number of nitro benzene ring substituents is 1. The molecule has 0 fully saturated rings. The Morgan fingerprint density at radius 2 is 1.78 bits per heavy atom. The van der Waals surface area contributed by atoms with Crippen LogP contribution in [-0.2, 0) is 4.74 Å². The van der Waals surface area contributed by atoms with E-state index >= 15 is 0 Å². The first-order valence-electron chi connectivity index (χ1n) is 8.97. The Kier molecular flexibility index (Phi) is 7.33. The highest BCUT2D eigenvalue weighted by atomic mass is 16.6. The monoisotopic (exact) mass is 379 g/mol. The molecule has 0 bridgehead atoms. The summed E-state index contributed by atoms with van der Waals surface area (Å²) in [7, 11) is 0. The molecule has 0 radical (unpaired) electrons. The van der Waals surface area contributed by atoms with Crippen LogP contribution in [0.4, 0.5) is 10.5 Å². The predicted octanol–water partition coefficient (Wildman–Crippen LogP) is 3.72. The molecule has 2 N–H and O–H groups in total. The number of carbonyl (C=O) groups is 2. The third-order valence-corrected chi connectivity index (χ3v) is 4.38. The molecule has 0 saturated carbocycles. The highest BCUT2D eigenvalue weighted by Gasteiger charge is 2.31. The van der Waals surface area contributed by atoms with Crippen LogP contribution in [0.1, 0.15) is 63.4 Å². The van der Waals surface area contributed by atoms with E-state index in [1.54, 1.807) is 33.8 Å². The molecule has 0 unspecified atom stereocenters. The number of non-ortho nitro benzene ring substituents is 1. The van der Waals surface area contributed by atoms with Crippen LogP contribution in [0.5, 0.6) is 0 Å². The van der Waals surface area contributed by atoms with Crippen LogP contribution < -0.4 is 10.6 Å². The van der Waals surface area contributed by atoms with Gasteiger partial charge in [-0.25, -0.2) is 4.79 Å². The van der Waals surface area contributed by atoms with Crippen molar-refractivity contribution in [2.75, 3.05) is 6.54 Å². The first-order chi connectivity index (χ1) is 12.4. The van der Waals surface area contributed by atoms with Crippen molar-refractivity contribution < 1.29 is 19.2 Å². The highest BCUT2D eigenvalue weighted by Crippen LogP contribution is 2.20. The number of benzene rings is 1. The standard InChI is InChI=1S/C19H29N3O5/c1-7-19(8-2,12-20-17(24)27-18(4,5)6)21-16(23)15-11-14(22(25)26)10-9-13(15)3/h9-11H,7-8,12H2,1-6H3,(H,20,24)(H,21,23). The molecule has 0 aliphatic rings. The summed E-state index contributed by atoms with van der Waals surface area (Å²) in [5.41, 5.74) is -0.567. The van der Waals surface area contributed by atoms with Gasteiger partial charge in [0.25, 0.3) is 11.6 Å². The Morgan fingerprint density at radius 1 is 1.19 bits per heavy atom. The first kappa shape index (κ1) is 22.4. The van der Waals surface area contributed by atoms with Crippen LogP contribution >= 0.6 is 0 Å². The van der Waals surface area contributed by atoms with Gasteiger partial charge >= 0.3 is 6.09 Å². The lowest BCUT2D eigenvalue weighted by atomic mass is 9.91. The van der Waals surface area contributed by atoms with Gasteiger partial charge in [-0.2, -0.15) is 0 Å². The Bertz CT molecular complexity index is 706. The summed E-state index contributed by atoms with van der Waals surface area (Å²) in [6.45, 7) is 11.0. The van der Waals surface area contributed by atoms with E-state index in [4.69, 9.17) is 4.74 Å². The van der Waals surface area contributed by atoms with Gasteiger partial charge in [-0.3, -0.25) is 14.9 Å². The van der Waals surface area contributed by atoms with Crippen molar-refractivity contribution in [2.24, 2.45) is 0 Å². The van der Waals surface area contributed by atoms with Gasteiger partial charge in [0.05, 0.1) is 10.5 Å². The number of nitrogens with zero attached hydrogens (tertiary/aromatic N) is 1. The maximum Gasteiger partial charge on any atom is 0.407 e. The molecule has 0 aliphatic heterocycles. The molecule has 8 heteroatoms. The van der Waals surface area contributed by atoms with Gasteiger partial charge in [0.15, 0.2) is 0 Å². The summed E-state index contributed by atoms with van der Waals surface area (Å²) in [5.74, 6) is -0.411. The summed E-state index contributed by atoms with van der Waals surface area (Å²) in [6, 6.07) is 4.18. The van der Waals surface area contributed by atoms with Crippen molar-refractivity contribution in [3.63, 3.8) is 0 Å². The van der Waals surface area contributed by atoms with Gasteiger partial charge in [-0.05, 0) is 46.1 Å². The van der Waals surface area contributed by atoms with E-state index in [1.165, 1.54) is 12.1 Å². The number of ether oxygens (including phenoxy) is 1. The van der Waals surface area contributed by atoms with Crippen molar-refractivity contribution in [3.05, 3.63) is 39.4 Å². The minimum Gasteiger partial charge on any atom is -0.444 e. The van der Waals surface area contributed by atoms with E-state index in [2.05, 4.69) is 10.6 Å². The van der Waals surface area contributed by atoms with Crippen LogP contribution in [-0.4, -0.2) is 34.6 Å². The van der Waals surface area contributed by atoms with Crippen molar-refractivity contribution >= 4 is 17.7 Å². The number of rotatable bonds is 7. The van der Waals surface area contributed by atoms with E-state index in [-0.39, 0.29) is 17.8 Å². The molecule has 8 nitrogen and oxygen atoms in total. The second kappa shape index (κ2) is 8.83. The molecule has 0 heterocycles. The SMILES string of the molecule is CCC(CC)(CNC(=O)OC(C)(C)C)NC(=O)c1cc([N+](=O)[O-])ccc1C. The summed E-state index contributed by atoms with van der Waals surface area (Å²) in [6.07, 6.45) is 0.576. The molecule has 1 aromatic carbocycles. The zero-order valence-electron chi connectivity index (χ0n) is 16.8. The Balaban J connectivity index is 2.95. The number of hydrogen-bond acceptors (Lipinski definition) is 5. The average Bonchev–Trinajstić information content (AvgIpc) is 2.57. The number of nitrogens with one attached hydrogen (secondary N) is 2. The molecule has 0 aromatic heterocycles. The van der Waals surface area contributed by atoms with Crippen molar-refractivity contribution in [1.29, 1.82) is 0 Å². The molecule has 27 heavy (non-hydrogen) atoms. The lowest BCUT2D eigenvalue weighted by Crippen LogP contribution is -2.55. The van der Waals surface area contributed by atoms with Crippen LogP contribution in [0.3, 0.4) is 0 Å². The second-order valence-electron chi connectivity index (χ2n) is 7.55. The van der Waals surface area contributed by atoms with Crippen LogP contribution in [0.2, 0.25) is 0 Å². The van der Waals surface area contributed by atoms with Gasteiger partial charge in [-0.1, -0.05) is 19.9 Å². The van der Waals surface area contributed by atoms with E-state index in [1.807, 2.05) is 13.8 Å². The summed E-state index contributed by atoms with van der Waals surface area (Å²) >= 11 is 0. The Labute approximate surface area is 159 Å². The number of alkyl carbamates (subject to hydrolysis) is 1. The molecule has 1 aromatic rings. The minimum atomic E-state index is -0.689.